The number of hydrogen-bond donors (Lipinski definition) is 1. The van der Waals surface area contributed by atoms with Gasteiger partial charge in [-0.15, -0.1) is 0 Å². The number of pyridine rings is 1. The molecule has 28 heavy (non-hydrogen) atoms. The molecule has 1 aliphatic heterocycles. The predicted molar refractivity (Wildman–Crippen MR) is 109 cm³/mol. The zero-order chi connectivity index (χ0) is 19.3. The van der Waals surface area contributed by atoms with Crippen molar-refractivity contribution < 1.29 is 4.74 Å². The van der Waals surface area contributed by atoms with Crippen LogP contribution in [0.25, 0.3) is 11.3 Å². The highest BCUT2D eigenvalue weighted by molar-refractivity contribution is 5.59. The summed E-state index contributed by atoms with van der Waals surface area (Å²) < 4.78 is 7.13. The topological polar surface area (TPSA) is 69.0 Å². The number of rotatable bonds is 5. The normalized spacial score (nSPS) is 15.9. The van der Waals surface area contributed by atoms with Crippen LogP contribution in [-0.4, -0.2) is 33.8 Å². The molecule has 1 unspecified atom stereocenters. The first kappa shape index (κ1) is 18.4. The number of anilines is 1. The summed E-state index contributed by atoms with van der Waals surface area (Å²) in [5, 5.41) is 3.37. The van der Waals surface area contributed by atoms with Crippen molar-refractivity contribution >= 4 is 5.95 Å². The van der Waals surface area contributed by atoms with Gasteiger partial charge in [-0.2, -0.15) is 0 Å². The van der Waals surface area contributed by atoms with E-state index >= 15 is 0 Å². The average molecular weight is 376 g/mol. The summed E-state index contributed by atoms with van der Waals surface area (Å²) in [5.74, 6) is 0.589. The van der Waals surface area contributed by atoms with Gasteiger partial charge in [0.25, 0.3) is 5.56 Å². The van der Waals surface area contributed by atoms with E-state index in [9.17, 15) is 4.79 Å². The lowest BCUT2D eigenvalue weighted by atomic mass is 10.1. The summed E-state index contributed by atoms with van der Waals surface area (Å²) in [6, 6.07) is 15.7. The Morgan fingerprint density at radius 3 is 2.68 bits per heavy atom. The molecular formula is C22H24N4O2. The number of hydrogen-bond acceptors (Lipinski definition) is 5. The number of ether oxygens (including phenoxy) is 1. The molecule has 1 aromatic carbocycles. The van der Waals surface area contributed by atoms with Gasteiger partial charge in [-0.05, 0) is 37.5 Å². The van der Waals surface area contributed by atoms with Crippen molar-refractivity contribution in [1.82, 2.24) is 14.5 Å². The van der Waals surface area contributed by atoms with Gasteiger partial charge in [0.15, 0.2) is 0 Å². The molecule has 6 heteroatoms. The van der Waals surface area contributed by atoms with Crippen molar-refractivity contribution in [2.24, 2.45) is 0 Å². The Bertz CT molecular complexity index is 981. The number of benzene rings is 1. The van der Waals surface area contributed by atoms with Crippen molar-refractivity contribution in [2.75, 3.05) is 18.5 Å². The molecule has 1 fully saturated rings. The van der Waals surface area contributed by atoms with Gasteiger partial charge in [0.05, 0.1) is 11.7 Å². The Balaban J connectivity index is 1.56. The molecule has 144 valence electrons. The van der Waals surface area contributed by atoms with Crippen LogP contribution in [0.2, 0.25) is 0 Å². The fourth-order valence-corrected chi connectivity index (χ4v) is 3.47. The first-order valence-corrected chi connectivity index (χ1v) is 9.65. The van der Waals surface area contributed by atoms with Gasteiger partial charge in [-0.25, -0.2) is 9.97 Å². The summed E-state index contributed by atoms with van der Waals surface area (Å²) >= 11 is 0. The predicted octanol–water partition coefficient (Wildman–Crippen LogP) is 3.51. The number of nitrogens with one attached hydrogen (secondary N) is 1. The third-order valence-corrected chi connectivity index (χ3v) is 5.15. The van der Waals surface area contributed by atoms with Crippen molar-refractivity contribution in [1.29, 1.82) is 0 Å². The molecular weight excluding hydrogens is 352 g/mol. The average Bonchev–Trinajstić information content (AvgIpc) is 2.75. The Kier molecular flexibility index (Phi) is 5.48. The molecule has 0 radical (unpaired) electrons. The number of aromatic nitrogens is 3. The molecule has 1 atom stereocenters. The summed E-state index contributed by atoms with van der Waals surface area (Å²) in [7, 11) is 0. The molecule has 0 aliphatic carbocycles. The van der Waals surface area contributed by atoms with Gasteiger partial charge in [0, 0.05) is 43.3 Å². The molecule has 3 heterocycles. The van der Waals surface area contributed by atoms with E-state index in [0.29, 0.717) is 12.0 Å². The van der Waals surface area contributed by atoms with Crippen LogP contribution in [0.15, 0.2) is 65.7 Å². The van der Waals surface area contributed by atoms with Gasteiger partial charge >= 0.3 is 0 Å². The van der Waals surface area contributed by atoms with E-state index in [1.54, 1.807) is 16.8 Å². The Hall–Kier alpha value is -2.99. The minimum absolute atomic E-state index is 0.0288. The molecule has 1 aliphatic rings. The molecule has 4 rings (SSSR count). The van der Waals surface area contributed by atoms with Gasteiger partial charge in [0.2, 0.25) is 5.95 Å². The second-order valence-corrected chi connectivity index (χ2v) is 7.04. The highest BCUT2D eigenvalue weighted by Crippen LogP contribution is 2.20. The van der Waals surface area contributed by atoms with Crippen LogP contribution in [0.4, 0.5) is 5.95 Å². The summed E-state index contributed by atoms with van der Waals surface area (Å²) in [4.78, 5) is 21.6. The molecule has 0 bridgehead atoms. The smallest absolute Gasteiger partial charge is 0.251 e. The highest BCUT2D eigenvalue weighted by atomic mass is 16.5. The second kappa shape index (κ2) is 8.35. The van der Waals surface area contributed by atoms with Crippen LogP contribution >= 0.6 is 0 Å². The fraction of sp³-hybridized carbons (Fsp3) is 0.318. The summed E-state index contributed by atoms with van der Waals surface area (Å²) in [6.07, 6.45) is 5.45. The van der Waals surface area contributed by atoms with Crippen LogP contribution in [-0.2, 0) is 4.74 Å². The first-order valence-electron chi connectivity index (χ1n) is 9.65. The van der Waals surface area contributed by atoms with Crippen LogP contribution in [0.5, 0.6) is 0 Å². The number of nitrogens with zero attached hydrogens (tertiary/aromatic N) is 3. The van der Waals surface area contributed by atoms with E-state index in [1.165, 1.54) is 0 Å². The van der Waals surface area contributed by atoms with Gasteiger partial charge in [-0.3, -0.25) is 4.79 Å². The second-order valence-electron chi connectivity index (χ2n) is 7.04. The largest absolute Gasteiger partial charge is 0.381 e. The zero-order valence-corrected chi connectivity index (χ0v) is 15.9. The monoisotopic (exact) mass is 376 g/mol. The third-order valence-electron chi connectivity index (χ3n) is 5.15. The van der Waals surface area contributed by atoms with Crippen molar-refractivity contribution in [3.63, 3.8) is 0 Å². The summed E-state index contributed by atoms with van der Waals surface area (Å²) in [6.45, 7) is 3.54. The minimum Gasteiger partial charge on any atom is -0.381 e. The highest BCUT2D eigenvalue weighted by Gasteiger charge is 2.15. The van der Waals surface area contributed by atoms with Gasteiger partial charge in [-0.1, -0.05) is 30.3 Å². The lowest BCUT2D eigenvalue weighted by Gasteiger charge is -2.23. The van der Waals surface area contributed by atoms with Crippen molar-refractivity contribution in [3.8, 4) is 11.3 Å². The Labute approximate surface area is 164 Å². The van der Waals surface area contributed by atoms with E-state index < -0.39 is 0 Å². The van der Waals surface area contributed by atoms with E-state index in [1.807, 2.05) is 55.6 Å². The molecule has 0 amide bonds. The van der Waals surface area contributed by atoms with E-state index in [0.717, 1.165) is 42.9 Å². The van der Waals surface area contributed by atoms with Crippen LogP contribution in [0.3, 0.4) is 0 Å². The fourth-order valence-electron chi connectivity index (χ4n) is 3.47. The van der Waals surface area contributed by atoms with E-state index in [-0.39, 0.29) is 11.6 Å². The first-order chi connectivity index (χ1) is 13.7. The zero-order valence-electron chi connectivity index (χ0n) is 15.9. The molecule has 0 spiro atoms. The lowest BCUT2D eigenvalue weighted by molar-refractivity contribution is 0.0903. The van der Waals surface area contributed by atoms with Crippen molar-refractivity contribution in [3.05, 3.63) is 76.8 Å². The SMILES string of the molecule is CC(c1ccccc1)n1ccc(-c2ccnc(NC3CCOCC3)n2)cc1=O. The Morgan fingerprint density at radius 2 is 1.93 bits per heavy atom. The summed E-state index contributed by atoms with van der Waals surface area (Å²) in [5.41, 5.74) is 2.58. The third kappa shape index (κ3) is 4.12. The molecule has 3 aromatic rings. The van der Waals surface area contributed by atoms with E-state index in [2.05, 4.69) is 15.3 Å². The van der Waals surface area contributed by atoms with Crippen molar-refractivity contribution in [2.45, 2.75) is 31.8 Å². The van der Waals surface area contributed by atoms with Crippen LogP contribution < -0.4 is 10.9 Å². The molecule has 1 N–H and O–H groups in total. The molecule has 0 saturated carbocycles. The maximum atomic E-state index is 12.7. The van der Waals surface area contributed by atoms with Gasteiger partial charge in [0.1, 0.15) is 0 Å². The Morgan fingerprint density at radius 1 is 1.14 bits per heavy atom. The van der Waals surface area contributed by atoms with Crippen LogP contribution in [0, 0.1) is 0 Å². The standard InChI is InChI=1S/C22H24N4O2/c1-16(17-5-3-2-4-6-17)26-12-8-18(15-21(26)27)20-7-11-23-22(25-20)24-19-9-13-28-14-10-19/h2-8,11-12,15-16,19H,9-10,13-14H2,1H3,(H,23,24,25). The maximum absolute atomic E-state index is 12.7. The molecule has 2 aromatic heterocycles. The quantitative estimate of drug-likeness (QED) is 0.738. The lowest BCUT2D eigenvalue weighted by Crippen LogP contribution is -2.28. The van der Waals surface area contributed by atoms with E-state index in [4.69, 9.17) is 4.74 Å². The van der Waals surface area contributed by atoms with Gasteiger partial charge < -0.3 is 14.6 Å². The minimum atomic E-state index is -0.0496. The van der Waals surface area contributed by atoms with Crippen LogP contribution in [0.1, 0.15) is 31.4 Å². The maximum Gasteiger partial charge on any atom is 0.251 e. The molecule has 6 nitrogen and oxygen atoms in total. The molecule has 1 saturated heterocycles.